The zero-order valence-corrected chi connectivity index (χ0v) is 19.7. The van der Waals surface area contributed by atoms with E-state index in [9.17, 15) is 9.59 Å². The minimum absolute atomic E-state index is 0.274. The molecule has 5 heteroatoms. The molecule has 0 fully saturated rings. The first-order chi connectivity index (χ1) is 15.8. The molecule has 168 valence electrons. The van der Waals surface area contributed by atoms with Gasteiger partial charge in [0.1, 0.15) is 11.4 Å². The number of benzene rings is 3. The van der Waals surface area contributed by atoms with Crippen LogP contribution in [0.2, 0.25) is 0 Å². The summed E-state index contributed by atoms with van der Waals surface area (Å²) >= 11 is 0. The Kier molecular flexibility index (Phi) is 6.05. The maximum Gasteiger partial charge on any atom is 0.282 e. The van der Waals surface area contributed by atoms with E-state index in [0.29, 0.717) is 23.6 Å². The van der Waals surface area contributed by atoms with Crippen LogP contribution in [0.4, 0.5) is 11.4 Å². The normalized spacial score (nSPS) is 13.7. The Bertz CT molecular complexity index is 1270. The quantitative estimate of drug-likeness (QED) is 0.499. The molecule has 4 rings (SSSR count). The van der Waals surface area contributed by atoms with Gasteiger partial charge in [0.05, 0.1) is 17.9 Å². The van der Waals surface area contributed by atoms with Gasteiger partial charge in [-0.05, 0) is 81.6 Å². The number of nitrogens with zero attached hydrogens (tertiary/aromatic N) is 1. The van der Waals surface area contributed by atoms with Crippen LogP contribution in [0.25, 0.3) is 5.57 Å². The van der Waals surface area contributed by atoms with Gasteiger partial charge in [-0.3, -0.25) is 9.59 Å². The molecule has 0 unspecified atom stereocenters. The van der Waals surface area contributed by atoms with Gasteiger partial charge in [-0.25, -0.2) is 4.90 Å². The maximum atomic E-state index is 13.7. The highest BCUT2D eigenvalue weighted by Gasteiger charge is 2.41. The lowest BCUT2D eigenvalue weighted by Crippen LogP contribution is -2.33. The molecule has 0 atom stereocenters. The third-order valence-corrected chi connectivity index (χ3v) is 5.76. The minimum atomic E-state index is -0.365. The second-order valence-corrected chi connectivity index (χ2v) is 8.39. The van der Waals surface area contributed by atoms with Crippen molar-refractivity contribution in [2.45, 2.75) is 34.6 Å². The number of imide groups is 1. The monoisotopic (exact) mass is 440 g/mol. The van der Waals surface area contributed by atoms with Crippen LogP contribution in [0.3, 0.4) is 0 Å². The summed E-state index contributed by atoms with van der Waals surface area (Å²) in [5, 5.41) is 3.22. The largest absolute Gasteiger partial charge is 0.494 e. The van der Waals surface area contributed by atoms with E-state index in [0.717, 1.165) is 33.6 Å². The van der Waals surface area contributed by atoms with Gasteiger partial charge in [0, 0.05) is 5.69 Å². The second kappa shape index (κ2) is 8.94. The number of nitrogens with one attached hydrogen (secondary N) is 1. The summed E-state index contributed by atoms with van der Waals surface area (Å²) in [6, 6.07) is 19.0. The van der Waals surface area contributed by atoms with Crippen LogP contribution < -0.4 is 15.0 Å². The van der Waals surface area contributed by atoms with Gasteiger partial charge in [-0.2, -0.15) is 0 Å². The van der Waals surface area contributed by atoms with Crippen LogP contribution in [0.5, 0.6) is 5.75 Å². The summed E-state index contributed by atoms with van der Waals surface area (Å²) in [5.41, 5.74) is 6.70. The number of carbonyl (C=O) groups excluding carboxylic acids is 2. The standard InChI is InChI=1S/C28H28N2O3/c1-6-33-22-11-9-21(10-12-22)29-26-25(23-13-7-17(2)15-19(23)4)27(31)30(28(26)32)24-14-8-18(3)16-20(24)5/h7-16,29H,6H2,1-5H3. The molecule has 1 heterocycles. The first-order valence-corrected chi connectivity index (χ1v) is 11.1. The van der Waals surface area contributed by atoms with E-state index in [4.69, 9.17) is 4.74 Å². The van der Waals surface area contributed by atoms with Crippen molar-refractivity contribution < 1.29 is 14.3 Å². The molecule has 0 aromatic heterocycles. The van der Waals surface area contributed by atoms with Gasteiger partial charge in [0.25, 0.3) is 11.8 Å². The SMILES string of the molecule is CCOc1ccc(NC2=C(c3ccc(C)cc3C)C(=O)N(c3ccc(C)cc3C)C2=O)cc1. The number of rotatable bonds is 6. The molecule has 0 radical (unpaired) electrons. The van der Waals surface area contributed by atoms with Crippen molar-refractivity contribution >= 4 is 28.8 Å². The Morgan fingerprint density at radius 3 is 2.03 bits per heavy atom. The van der Waals surface area contributed by atoms with E-state index >= 15 is 0 Å². The summed E-state index contributed by atoms with van der Waals surface area (Å²) < 4.78 is 5.51. The third-order valence-electron chi connectivity index (χ3n) is 5.76. The molecule has 5 nitrogen and oxygen atoms in total. The number of anilines is 2. The molecule has 1 aliphatic heterocycles. The summed E-state index contributed by atoms with van der Waals surface area (Å²) in [5.74, 6) is 0.0560. The van der Waals surface area contributed by atoms with Crippen LogP contribution in [-0.4, -0.2) is 18.4 Å². The Morgan fingerprint density at radius 1 is 0.788 bits per heavy atom. The average Bonchev–Trinajstić information content (AvgIpc) is 3.00. The molecule has 2 amide bonds. The molecule has 3 aromatic carbocycles. The van der Waals surface area contributed by atoms with Crippen LogP contribution in [0.15, 0.2) is 66.4 Å². The van der Waals surface area contributed by atoms with Gasteiger partial charge in [-0.15, -0.1) is 0 Å². The summed E-state index contributed by atoms with van der Waals surface area (Å²) in [7, 11) is 0. The van der Waals surface area contributed by atoms with Crippen LogP contribution >= 0.6 is 0 Å². The highest BCUT2D eigenvalue weighted by molar-refractivity contribution is 6.46. The van der Waals surface area contributed by atoms with Crippen molar-refractivity contribution in [2.75, 3.05) is 16.8 Å². The van der Waals surface area contributed by atoms with Crippen molar-refractivity contribution in [2.24, 2.45) is 0 Å². The minimum Gasteiger partial charge on any atom is -0.494 e. The fourth-order valence-electron chi connectivity index (χ4n) is 4.21. The van der Waals surface area contributed by atoms with Crippen molar-refractivity contribution in [1.29, 1.82) is 0 Å². The van der Waals surface area contributed by atoms with Crippen molar-refractivity contribution in [3.63, 3.8) is 0 Å². The number of ether oxygens (including phenoxy) is 1. The van der Waals surface area contributed by atoms with Crippen molar-refractivity contribution in [3.05, 3.63) is 94.2 Å². The predicted octanol–water partition coefficient (Wildman–Crippen LogP) is 5.72. The molecule has 0 bridgehead atoms. The van der Waals surface area contributed by atoms with Gasteiger partial charge in [0.2, 0.25) is 0 Å². The molecular formula is C28H28N2O3. The van der Waals surface area contributed by atoms with Crippen LogP contribution in [0, 0.1) is 27.7 Å². The zero-order valence-electron chi connectivity index (χ0n) is 19.7. The lowest BCUT2D eigenvalue weighted by molar-refractivity contribution is -0.120. The van der Waals surface area contributed by atoms with E-state index in [1.807, 2.05) is 95.3 Å². The first-order valence-electron chi connectivity index (χ1n) is 11.1. The number of amides is 2. The molecule has 0 spiro atoms. The molecule has 33 heavy (non-hydrogen) atoms. The second-order valence-electron chi connectivity index (χ2n) is 8.39. The molecule has 1 N–H and O–H groups in total. The Balaban J connectivity index is 1.82. The van der Waals surface area contributed by atoms with Crippen LogP contribution in [-0.2, 0) is 9.59 Å². The highest BCUT2D eigenvalue weighted by Crippen LogP contribution is 2.36. The van der Waals surface area contributed by atoms with Crippen LogP contribution in [0.1, 0.15) is 34.7 Å². The van der Waals surface area contributed by atoms with Crippen molar-refractivity contribution in [3.8, 4) is 5.75 Å². The first kappa shape index (κ1) is 22.3. The fourth-order valence-corrected chi connectivity index (χ4v) is 4.21. The van der Waals surface area contributed by atoms with E-state index in [1.165, 1.54) is 4.90 Å². The maximum absolute atomic E-state index is 13.7. The highest BCUT2D eigenvalue weighted by atomic mass is 16.5. The summed E-state index contributed by atoms with van der Waals surface area (Å²) in [4.78, 5) is 28.6. The topological polar surface area (TPSA) is 58.6 Å². The fraction of sp³-hybridized carbons (Fsp3) is 0.214. The Hall–Kier alpha value is -3.86. The number of hydrogen-bond donors (Lipinski definition) is 1. The Labute approximate surface area is 194 Å². The lowest BCUT2D eigenvalue weighted by Gasteiger charge is -2.18. The van der Waals surface area contributed by atoms with E-state index in [1.54, 1.807) is 0 Å². The van der Waals surface area contributed by atoms with E-state index in [-0.39, 0.29) is 17.5 Å². The lowest BCUT2D eigenvalue weighted by atomic mass is 9.97. The molecular weight excluding hydrogens is 412 g/mol. The average molecular weight is 441 g/mol. The van der Waals surface area contributed by atoms with E-state index < -0.39 is 0 Å². The molecule has 3 aromatic rings. The van der Waals surface area contributed by atoms with Crippen molar-refractivity contribution in [1.82, 2.24) is 0 Å². The summed E-state index contributed by atoms with van der Waals surface area (Å²) in [6.45, 7) is 10.4. The summed E-state index contributed by atoms with van der Waals surface area (Å²) in [6.07, 6.45) is 0. The van der Waals surface area contributed by atoms with E-state index in [2.05, 4.69) is 5.32 Å². The molecule has 0 saturated carbocycles. The predicted molar refractivity (Wildman–Crippen MR) is 132 cm³/mol. The molecule has 0 aliphatic carbocycles. The number of aryl methyl sites for hydroxylation is 4. The zero-order chi connectivity index (χ0) is 23.7. The Morgan fingerprint density at radius 2 is 1.42 bits per heavy atom. The van der Waals surface area contributed by atoms with Gasteiger partial charge < -0.3 is 10.1 Å². The molecule has 0 saturated heterocycles. The third kappa shape index (κ3) is 4.27. The van der Waals surface area contributed by atoms with Gasteiger partial charge in [-0.1, -0.05) is 41.5 Å². The molecule has 1 aliphatic rings. The number of hydrogen-bond acceptors (Lipinski definition) is 4. The smallest absolute Gasteiger partial charge is 0.282 e. The van der Waals surface area contributed by atoms with Gasteiger partial charge >= 0.3 is 0 Å². The van der Waals surface area contributed by atoms with Gasteiger partial charge in [0.15, 0.2) is 0 Å². The number of carbonyl (C=O) groups is 2.